The minimum absolute atomic E-state index is 0.0981. The largest absolute Gasteiger partial charge is 0.395 e. The number of likely N-dealkylation sites (tertiary alicyclic amines) is 1. The van der Waals surface area contributed by atoms with E-state index >= 15 is 0 Å². The molecule has 29 heavy (non-hydrogen) atoms. The number of aryl methyl sites for hydroxylation is 1. The molecule has 154 valence electrons. The van der Waals surface area contributed by atoms with Crippen molar-refractivity contribution in [3.8, 4) is 0 Å². The van der Waals surface area contributed by atoms with Crippen LogP contribution in [-0.4, -0.2) is 48.1 Å². The molecule has 0 atom stereocenters. The molecule has 2 aromatic rings. The average molecular weight is 407 g/mol. The van der Waals surface area contributed by atoms with Gasteiger partial charge in [-0.05, 0) is 36.8 Å². The van der Waals surface area contributed by atoms with E-state index in [0.717, 1.165) is 12.1 Å². The van der Waals surface area contributed by atoms with Crippen LogP contribution < -0.4 is 10.6 Å². The van der Waals surface area contributed by atoms with Gasteiger partial charge in [0.1, 0.15) is 5.82 Å². The average Bonchev–Trinajstić information content (AvgIpc) is 2.64. The molecular weight excluding hydrogens is 387 g/mol. The Kier molecular flexibility index (Phi) is 6.07. The lowest BCUT2D eigenvalue weighted by molar-refractivity contribution is -0.129. The van der Waals surface area contributed by atoms with Gasteiger partial charge >= 0.3 is 0 Å². The van der Waals surface area contributed by atoms with Crippen LogP contribution in [0.2, 0.25) is 0 Å². The van der Waals surface area contributed by atoms with Crippen LogP contribution in [0.5, 0.6) is 0 Å². The summed E-state index contributed by atoms with van der Waals surface area (Å²) in [5.74, 6) is -4.49. The molecule has 6 nitrogen and oxygen atoms in total. The molecule has 1 fully saturated rings. The van der Waals surface area contributed by atoms with Crippen molar-refractivity contribution >= 4 is 23.2 Å². The zero-order valence-electron chi connectivity index (χ0n) is 15.6. The number of hydrogen-bond acceptors (Lipinski definition) is 4. The zero-order valence-corrected chi connectivity index (χ0v) is 15.6. The first kappa shape index (κ1) is 20.7. The number of benzene rings is 2. The third-order valence-corrected chi connectivity index (χ3v) is 4.66. The highest BCUT2D eigenvalue weighted by Crippen LogP contribution is 2.30. The van der Waals surface area contributed by atoms with Crippen molar-refractivity contribution in [2.75, 3.05) is 31.6 Å². The maximum atomic E-state index is 14.4. The van der Waals surface area contributed by atoms with Gasteiger partial charge in [-0.25, -0.2) is 13.2 Å². The lowest BCUT2D eigenvalue weighted by Gasteiger charge is -2.38. The van der Waals surface area contributed by atoms with Gasteiger partial charge < -0.3 is 20.6 Å². The fourth-order valence-corrected chi connectivity index (χ4v) is 3.01. The highest BCUT2D eigenvalue weighted by molar-refractivity contribution is 6.01. The number of nitrogens with one attached hydrogen (secondary N) is 2. The van der Waals surface area contributed by atoms with E-state index in [1.165, 1.54) is 17.0 Å². The molecule has 0 spiro atoms. The van der Waals surface area contributed by atoms with Gasteiger partial charge in [0.2, 0.25) is 5.91 Å². The SMILES string of the molecule is Cc1ccc(Nc2c(C(=O)N3CC(C(=O)NCCO)C3)ccc(F)c2F)c(F)c1. The number of nitrogens with zero attached hydrogens (tertiary/aromatic N) is 1. The Bertz CT molecular complexity index is 946. The normalized spacial score (nSPS) is 13.8. The van der Waals surface area contributed by atoms with E-state index in [4.69, 9.17) is 5.11 Å². The number of aliphatic hydroxyl groups excluding tert-OH is 1. The van der Waals surface area contributed by atoms with Crippen LogP contribution in [0.25, 0.3) is 0 Å². The molecule has 0 aromatic heterocycles. The molecule has 2 amide bonds. The van der Waals surface area contributed by atoms with E-state index in [9.17, 15) is 22.8 Å². The molecule has 3 rings (SSSR count). The fraction of sp³-hybridized carbons (Fsp3) is 0.300. The first-order valence-electron chi connectivity index (χ1n) is 9.00. The monoisotopic (exact) mass is 407 g/mol. The van der Waals surface area contributed by atoms with Crippen molar-refractivity contribution < 1.29 is 27.9 Å². The Morgan fingerprint density at radius 2 is 1.86 bits per heavy atom. The van der Waals surface area contributed by atoms with Gasteiger partial charge in [0.15, 0.2) is 11.6 Å². The van der Waals surface area contributed by atoms with Gasteiger partial charge in [0.25, 0.3) is 5.91 Å². The summed E-state index contributed by atoms with van der Waals surface area (Å²) in [6.07, 6.45) is 0. The van der Waals surface area contributed by atoms with Crippen molar-refractivity contribution in [1.82, 2.24) is 10.2 Å². The minimum atomic E-state index is -1.30. The van der Waals surface area contributed by atoms with Gasteiger partial charge in [-0.1, -0.05) is 6.07 Å². The molecular formula is C20H20F3N3O3. The summed E-state index contributed by atoms with van der Waals surface area (Å²) in [4.78, 5) is 25.9. The molecule has 1 aliphatic heterocycles. The van der Waals surface area contributed by atoms with Crippen LogP contribution >= 0.6 is 0 Å². The van der Waals surface area contributed by atoms with Gasteiger partial charge in [0.05, 0.1) is 29.5 Å². The van der Waals surface area contributed by atoms with Crippen LogP contribution in [0.1, 0.15) is 15.9 Å². The first-order valence-corrected chi connectivity index (χ1v) is 9.00. The van der Waals surface area contributed by atoms with Crippen LogP contribution in [0.4, 0.5) is 24.5 Å². The minimum Gasteiger partial charge on any atom is -0.395 e. The Morgan fingerprint density at radius 1 is 1.14 bits per heavy atom. The predicted molar refractivity (Wildman–Crippen MR) is 100 cm³/mol. The number of hydrogen-bond donors (Lipinski definition) is 3. The van der Waals surface area contributed by atoms with Crippen molar-refractivity contribution in [2.24, 2.45) is 5.92 Å². The molecule has 0 radical (unpaired) electrons. The fourth-order valence-electron chi connectivity index (χ4n) is 3.01. The molecule has 0 aliphatic carbocycles. The number of aliphatic hydroxyl groups is 1. The quantitative estimate of drug-likeness (QED) is 0.687. The van der Waals surface area contributed by atoms with E-state index in [1.54, 1.807) is 13.0 Å². The topological polar surface area (TPSA) is 81.7 Å². The molecule has 2 aromatic carbocycles. The number of carbonyl (C=O) groups is 2. The van der Waals surface area contributed by atoms with Crippen molar-refractivity contribution in [1.29, 1.82) is 0 Å². The molecule has 0 bridgehead atoms. The van der Waals surface area contributed by atoms with Crippen LogP contribution in [0.15, 0.2) is 30.3 Å². The predicted octanol–water partition coefficient (Wildman–Crippen LogP) is 2.34. The van der Waals surface area contributed by atoms with E-state index in [-0.39, 0.29) is 43.4 Å². The number of amides is 2. The second-order valence-electron chi connectivity index (χ2n) is 6.81. The third-order valence-electron chi connectivity index (χ3n) is 4.66. The second kappa shape index (κ2) is 8.52. The number of halogens is 3. The standard InChI is InChI=1S/C20H20F3N3O3/c1-11-2-5-16(15(22)8-11)25-18-13(3-4-14(21)17(18)23)20(29)26-9-12(10-26)19(28)24-6-7-27/h2-5,8,12,25,27H,6-7,9-10H2,1H3,(H,24,28). The van der Waals surface area contributed by atoms with E-state index in [0.29, 0.717) is 5.56 Å². The van der Waals surface area contributed by atoms with Crippen molar-refractivity contribution in [3.05, 3.63) is 58.9 Å². The third kappa shape index (κ3) is 4.34. The van der Waals surface area contributed by atoms with Gasteiger partial charge in [0, 0.05) is 19.6 Å². The molecule has 9 heteroatoms. The molecule has 0 unspecified atom stereocenters. The number of anilines is 2. The number of carbonyl (C=O) groups excluding carboxylic acids is 2. The lowest BCUT2D eigenvalue weighted by Crippen LogP contribution is -2.56. The van der Waals surface area contributed by atoms with Crippen LogP contribution in [0.3, 0.4) is 0 Å². The maximum Gasteiger partial charge on any atom is 0.256 e. The highest BCUT2D eigenvalue weighted by Gasteiger charge is 2.37. The molecule has 1 heterocycles. The van der Waals surface area contributed by atoms with Gasteiger partial charge in [-0.2, -0.15) is 0 Å². The summed E-state index contributed by atoms with van der Waals surface area (Å²) < 4.78 is 42.3. The van der Waals surface area contributed by atoms with E-state index < -0.39 is 35.0 Å². The summed E-state index contributed by atoms with van der Waals surface area (Å²) in [5.41, 5.74) is -0.0850. The zero-order chi connectivity index (χ0) is 21.1. The molecule has 1 saturated heterocycles. The summed E-state index contributed by atoms with van der Waals surface area (Å²) in [6, 6.07) is 6.13. The van der Waals surface area contributed by atoms with Crippen LogP contribution in [-0.2, 0) is 4.79 Å². The summed E-state index contributed by atoms with van der Waals surface area (Å²) in [5, 5.41) is 13.7. The van der Waals surface area contributed by atoms with Gasteiger partial charge in [-0.15, -0.1) is 0 Å². The smallest absolute Gasteiger partial charge is 0.256 e. The van der Waals surface area contributed by atoms with Gasteiger partial charge in [-0.3, -0.25) is 9.59 Å². The Hall–Kier alpha value is -3.07. The summed E-state index contributed by atoms with van der Waals surface area (Å²) >= 11 is 0. The Morgan fingerprint density at radius 3 is 2.52 bits per heavy atom. The Balaban J connectivity index is 1.80. The Labute approximate surface area is 165 Å². The molecule has 3 N–H and O–H groups in total. The molecule has 1 aliphatic rings. The van der Waals surface area contributed by atoms with E-state index in [2.05, 4.69) is 10.6 Å². The molecule has 0 saturated carbocycles. The van der Waals surface area contributed by atoms with E-state index in [1.807, 2.05) is 0 Å². The summed E-state index contributed by atoms with van der Waals surface area (Å²) in [7, 11) is 0. The van der Waals surface area contributed by atoms with Crippen LogP contribution in [0, 0.1) is 30.3 Å². The van der Waals surface area contributed by atoms with Crippen molar-refractivity contribution in [2.45, 2.75) is 6.92 Å². The number of rotatable bonds is 6. The second-order valence-corrected chi connectivity index (χ2v) is 6.81. The van der Waals surface area contributed by atoms with Crippen molar-refractivity contribution in [3.63, 3.8) is 0 Å². The maximum absolute atomic E-state index is 14.4. The first-order chi connectivity index (χ1) is 13.8. The highest BCUT2D eigenvalue weighted by atomic mass is 19.2. The lowest BCUT2D eigenvalue weighted by atomic mass is 9.97. The summed E-state index contributed by atoms with van der Waals surface area (Å²) in [6.45, 7) is 1.81.